The van der Waals surface area contributed by atoms with Crippen molar-refractivity contribution in [2.45, 2.75) is 20.0 Å². The lowest BCUT2D eigenvalue weighted by Crippen LogP contribution is -2.16. The van der Waals surface area contributed by atoms with Crippen LogP contribution < -0.4 is 0 Å². The predicted molar refractivity (Wildman–Crippen MR) is 71.3 cm³/mol. The van der Waals surface area contributed by atoms with Gasteiger partial charge in [-0.3, -0.25) is 4.57 Å². The lowest BCUT2D eigenvalue weighted by atomic mass is 10.4. The standard InChI is InChI=1S/C12H12ClN5O/c1-7-3-4-15-18(7)8(2)17-10-5-9(13)6-14-11(10)16-12(17)19/h3-6,8H,1-2H3,(H,14,16,19). The number of imidazole rings is 1. The van der Waals surface area contributed by atoms with Gasteiger partial charge in [0.1, 0.15) is 6.17 Å². The van der Waals surface area contributed by atoms with Crippen molar-refractivity contribution in [2.24, 2.45) is 0 Å². The van der Waals surface area contributed by atoms with Crippen molar-refractivity contribution in [3.8, 4) is 6.01 Å². The summed E-state index contributed by atoms with van der Waals surface area (Å²) in [7, 11) is 0. The van der Waals surface area contributed by atoms with Gasteiger partial charge in [0, 0.05) is 18.1 Å². The topological polar surface area (TPSA) is 68.8 Å². The van der Waals surface area contributed by atoms with Crippen LogP contribution in [0, 0.1) is 6.92 Å². The Labute approximate surface area is 114 Å². The normalized spacial score (nSPS) is 13.0. The molecule has 3 aromatic heterocycles. The first-order valence-corrected chi connectivity index (χ1v) is 6.18. The van der Waals surface area contributed by atoms with Crippen molar-refractivity contribution in [1.29, 1.82) is 0 Å². The maximum absolute atomic E-state index is 10.0. The summed E-state index contributed by atoms with van der Waals surface area (Å²) in [6.45, 7) is 3.87. The highest BCUT2D eigenvalue weighted by Gasteiger charge is 2.18. The van der Waals surface area contributed by atoms with E-state index < -0.39 is 0 Å². The number of rotatable bonds is 2. The summed E-state index contributed by atoms with van der Waals surface area (Å²) in [4.78, 5) is 8.12. The number of pyridine rings is 1. The lowest BCUT2D eigenvalue weighted by molar-refractivity contribution is 0.343. The molecule has 3 aromatic rings. The second kappa shape index (κ2) is 4.24. The molecule has 0 radical (unpaired) electrons. The molecule has 7 heteroatoms. The SMILES string of the molecule is Cc1ccnn1C(C)n1c(O)nc2ncc(Cl)cc21. The van der Waals surface area contributed by atoms with Crippen molar-refractivity contribution < 1.29 is 5.11 Å². The first kappa shape index (κ1) is 12.0. The zero-order valence-electron chi connectivity index (χ0n) is 10.4. The second-order valence-corrected chi connectivity index (χ2v) is 4.76. The zero-order chi connectivity index (χ0) is 13.6. The predicted octanol–water partition coefficient (Wildman–Crippen LogP) is 2.36. The fraction of sp³-hybridized carbons (Fsp3) is 0.250. The molecule has 98 valence electrons. The van der Waals surface area contributed by atoms with Gasteiger partial charge in [-0.2, -0.15) is 10.1 Å². The number of aromatic nitrogens is 5. The van der Waals surface area contributed by atoms with Crippen LogP contribution in [0.3, 0.4) is 0 Å². The van der Waals surface area contributed by atoms with E-state index in [0.29, 0.717) is 16.2 Å². The van der Waals surface area contributed by atoms with Gasteiger partial charge in [0.15, 0.2) is 5.65 Å². The van der Waals surface area contributed by atoms with Crippen LogP contribution in [0.15, 0.2) is 24.5 Å². The van der Waals surface area contributed by atoms with Crippen LogP contribution in [0.2, 0.25) is 5.02 Å². The summed E-state index contributed by atoms with van der Waals surface area (Å²) in [6.07, 6.45) is 3.00. The Kier molecular flexibility index (Phi) is 2.67. The number of fused-ring (bicyclic) bond motifs is 1. The molecule has 3 heterocycles. The van der Waals surface area contributed by atoms with Gasteiger partial charge in [-0.15, -0.1) is 0 Å². The molecular formula is C12H12ClN5O. The van der Waals surface area contributed by atoms with Crippen molar-refractivity contribution in [3.63, 3.8) is 0 Å². The van der Waals surface area contributed by atoms with E-state index in [1.807, 2.05) is 19.9 Å². The number of aryl methyl sites for hydroxylation is 1. The van der Waals surface area contributed by atoms with E-state index in [1.165, 1.54) is 6.20 Å². The lowest BCUT2D eigenvalue weighted by Gasteiger charge is -2.17. The van der Waals surface area contributed by atoms with Crippen molar-refractivity contribution >= 4 is 22.8 Å². The molecule has 3 rings (SSSR count). The average Bonchev–Trinajstić information content (AvgIpc) is 2.91. The Morgan fingerprint density at radius 3 is 2.89 bits per heavy atom. The van der Waals surface area contributed by atoms with Gasteiger partial charge >= 0.3 is 0 Å². The van der Waals surface area contributed by atoms with Crippen LogP contribution in [0.5, 0.6) is 6.01 Å². The molecule has 6 nitrogen and oxygen atoms in total. The third kappa shape index (κ3) is 1.84. The Morgan fingerprint density at radius 1 is 1.42 bits per heavy atom. The van der Waals surface area contributed by atoms with Gasteiger partial charge in [0.2, 0.25) is 0 Å². The van der Waals surface area contributed by atoms with Gasteiger partial charge in [-0.05, 0) is 26.0 Å². The maximum atomic E-state index is 10.0. The molecule has 0 aliphatic heterocycles. The minimum Gasteiger partial charge on any atom is -0.480 e. The summed E-state index contributed by atoms with van der Waals surface area (Å²) < 4.78 is 3.44. The Morgan fingerprint density at radius 2 is 2.21 bits per heavy atom. The average molecular weight is 278 g/mol. The molecule has 19 heavy (non-hydrogen) atoms. The van der Waals surface area contributed by atoms with Gasteiger partial charge in [-0.1, -0.05) is 11.6 Å². The van der Waals surface area contributed by atoms with Gasteiger partial charge in [0.25, 0.3) is 6.01 Å². The van der Waals surface area contributed by atoms with Gasteiger partial charge in [-0.25, -0.2) is 9.67 Å². The van der Waals surface area contributed by atoms with Crippen LogP contribution in [-0.2, 0) is 0 Å². The van der Waals surface area contributed by atoms with Gasteiger partial charge in [0.05, 0.1) is 10.5 Å². The molecule has 1 N–H and O–H groups in total. The largest absolute Gasteiger partial charge is 0.480 e. The third-order valence-corrected chi connectivity index (χ3v) is 3.30. The second-order valence-electron chi connectivity index (χ2n) is 4.33. The highest BCUT2D eigenvalue weighted by Crippen LogP contribution is 2.26. The molecule has 0 fully saturated rings. The Balaban J connectivity index is 2.22. The van der Waals surface area contributed by atoms with E-state index in [0.717, 1.165) is 5.69 Å². The summed E-state index contributed by atoms with van der Waals surface area (Å²) in [5.41, 5.74) is 2.12. The quantitative estimate of drug-likeness (QED) is 0.781. The number of nitrogens with zero attached hydrogens (tertiary/aromatic N) is 5. The number of halogens is 1. The highest BCUT2D eigenvalue weighted by molar-refractivity contribution is 6.31. The molecule has 0 aromatic carbocycles. The van der Waals surface area contributed by atoms with Crippen LogP contribution in [0.25, 0.3) is 11.2 Å². The first-order valence-electron chi connectivity index (χ1n) is 5.80. The molecule has 0 amide bonds. The number of hydrogen-bond donors (Lipinski definition) is 1. The fourth-order valence-electron chi connectivity index (χ4n) is 2.19. The van der Waals surface area contributed by atoms with E-state index in [4.69, 9.17) is 11.6 Å². The molecule has 1 atom stereocenters. The number of aromatic hydroxyl groups is 1. The third-order valence-electron chi connectivity index (χ3n) is 3.09. The van der Waals surface area contributed by atoms with Crippen molar-refractivity contribution in [1.82, 2.24) is 24.3 Å². The molecule has 0 saturated carbocycles. The first-order chi connectivity index (χ1) is 9.08. The molecule has 0 saturated heterocycles. The molecule has 1 unspecified atom stereocenters. The van der Waals surface area contributed by atoms with Crippen molar-refractivity contribution in [2.75, 3.05) is 0 Å². The molecule has 0 bridgehead atoms. The van der Waals surface area contributed by atoms with Crippen molar-refractivity contribution in [3.05, 3.63) is 35.2 Å². The molecule has 0 aliphatic rings. The Hall–Kier alpha value is -2.08. The van der Waals surface area contributed by atoms with Crippen LogP contribution in [0.4, 0.5) is 0 Å². The minimum absolute atomic E-state index is 0.104. The monoisotopic (exact) mass is 277 g/mol. The van der Waals surface area contributed by atoms with Crippen LogP contribution >= 0.6 is 11.6 Å². The summed E-state index contributed by atoms with van der Waals surface area (Å²) >= 11 is 5.95. The highest BCUT2D eigenvalue weighted by atomic mass is 35.5. The molecule has 0 spiro atoms. The van der Waals surface area contributed by atoms with Gasteiger partial charge < -0.3 is 5.11 Å². The fourth-order valence-corrected chi connectivity index (χ4v) is 2.34. The number of hydrogen-bond acceptors (Lipinski definition) is 4. The summed E-state index contributed by atoms with van der Waals surface area (Å²) in [6, 6.07) is 3.52. The molecule has 0 aliphatic carbocycles. The summed E-state index contributed by atoms with van der Waals surface area (Å²) in [5, 5.41) is 14.8. The smallest absolute Gasteiger partial charge is 0.298 e. The summed E-state index contributed by atoms with van der Waals surface area (Å²) in [5.74, 6) is 0. The van der Waals surface area contributed by atoms with Crippen LogP contribution in [0.1, 0.15) is 18.8 Å². The Bertz CT molecular complexity index is 748. The minimum atomic E-state index is -0.222. The van der Waals surface area contributed by atoms with E-state index in [1.54, 1.807) is 21.5 Å². The van der Waals surface area contributed by atoms with E-state index in [-0.39, 0.29) is 12.2 Å². The molecular weight excluding hydrogens is 266 g/mol. The maximum Gasteiger partial charge on any atom is 0.298 e. The van der Waals surface area contributed by atoms with E-state index in [9.17, 15) is 5.11 Å². The van der Waals surface area contributed by atoms with E-state index >= 15 is 0 Å². The van der Waals surface area contributed by atoms with Crippen LogP contribution in [-0.4, -0.2) is 29.4 Å². The van der Waals surface area contributed by atoms with E-state index in [2.05, 4.69) is 15.1 Å². The zero-order valence-corrected chi connectivity index (χ0v) is 11.2.